The SMILES string of the molecule is Cc1c(-c2ccc3c(c2)ncn3C)n[nH]c1CN. The Morgan fingerprint density at radius 2 is 2.22 bits per heavy atom. The van der Waals surface area contributed by atoms with E-state index in [9.17, 15) is 0 Å². The quantitative estimate of drug-likeness (QED) is 0.717. The van der Waals surface area contributed by atoms with Gasteiger partial charge in [-0.1, -0.05) is 6.07 Å². The summed E-state index contributed by atoms with van der Waals surface area (Å²) >= 11 is 0. The molecule has 2 heterocycles. The summed E-state index contributed by atoms with van der Waals surface area (Å²) in [4.78, 5) is 4.36. The Bertz CT molecular complexity index is 707. The zero-order chi connectivity index (χ0) is 12.7. The zero-order valence-corrected chi connectivity index (χ0v) is 10.4. The van der Waals surface area contributed by atoms with Crippen LogP contribution in [-0.2, 0) is 13.6 Å². The molecule has 5 nitrogen and oxygen atoms in total. The van der Waals surface area contributed by atoms with Crippen LogP contribution in [0.5, 0.6) is 0 Å². The van der Waals surface area contributed by atoms with Gasteiger partial charge in [-0.05, 0) is 24.6 Å². The monoisotopic (exact) mass is 241 g/mol. The summed E-state index contributed by atoms with van der Waals surface area (Å²) < 4.78 is 2.00. The van der Waals surface area contributed by atoms with Gasteiger partial charge in [0.15, 0.2) is 0 Å². The molecule has 0 radical (unpaired) electrons. The second-order valence-electron chi connectivity index (χ2n) is 4.44. The number of rotatable bonds is 2. The average molecular weight is 241 g/mol. The molecule has 0 bridgehead atoms. The Hall–Kier alpha value is -2.14. The smallest absolute Gasteiger partial charge is 0.0955 e. The lowest BCUT2D eigenvalue weighted by molar-refractivity contribution is 0.941. The molecule has 0 aliphatic heterocycles. The van der Waals surface area contributed by atoms with Gasteiger partial charge in [0.2, 0.25) is 0 Å². The highest BCUT2D eigenvalue weighted by molar-refractivity contribution is 5.81. The van der Waals surface area contributed by atoms with E-state index in [4.69, 9.17) is 5.73 Å². The van der Waals surface area contributed by atoms with Crippen molar-refractivity contribution in [3.05, 3.63) is 35.8 Å². The number of fused-ring (bicyclic) bond motifs is 1. The first-order chi connectivity index (χ1) is 8.70. The van der Waals surface area contributed by atoms with E-state index >= 15 is 0 Å². The predicted octanol–water partition coefficient (Wildman–Crippen LogP) is 1.73. The summed E-state index contributed by atoms with van der Waals surface area (Å²) in [6.07, 6.45) is 1.82. The number of aromatic nitrogens is 4. The number of aromatic amines is 1. The van der Waals surface area contributed by atoms with Crippen LogP contribution in [0.15, 0.2) is 24.5 Å². The Balaban J connectivity index is 2.16. The molecular weight excluding hydrogens is 226 g/mol. The van der Waals surface area contributed by atoms with Gasteiger partial charge in [0.1, 0.15) is 0 Å². The fourth-order valence-electron chi connectivity index (χ4n) is 2.20. The van der Waals surface area contributed by atoms with Crippen LogP contribution in [0.25, 0.3) is 22.3 Å². The second kappa shape index (κ2) is 3.96. The van der Waals surface area contributed by atoms with Crippen LogP contribution in [-0.4, -0.2) is 19.7 Å². The lowest BCUT2D eigenvalue weighted by Gasteiger charge is -2.00. The maximum Gasteiger partial charge on any atom is 0.0955 e. The number of hydrogen-bond acceptors (Lipinski definition) is 3. The molecule has 0 saturated carbocycles. The third kappa shape index (κ3) is 1.52. The van der Waals surface area contributed by atoms with E-state index in [-0.39, 0.29) is 0 Å². The van der Waals surface area contributed by atoms with Crippen molar-refractivity contribution < 1.29 is 0 Å². The number of nitrogens with two attached hydrogens (primary N) is 1. The number of aryl methyl sites for hydroxylation is 1. The van der Waals surface area contributed by atoms with Crippen molar-refractivity contribution in [2.75, 3.05) is 0 Å². The van der Waals surface area contributed by atoms with Gasteiger partial charge >= 0.3 is 0 Å². The third-order valence-electron chi connectivity index (χ3n) is 3.31. The fourth-order valence-corrected chi connectivity index (χ4v) is 2.20. The van der Waals surface area contributed by atoms with Crippen LogP contribution in [0.2, 0.25) is 0 Å². The lowest BCUT2D eigenvalue weighted by atomic mass is 10.1. The number of H-pyrrole nitrogens is 1. The van der Waals surface area contributed by atoms with Crippen LogP contribution in [0.4, 0.5) is 0 Å². The Labute approximate surface area is 105 Å². The Morgan fingerprint density at radius 1 is 1.39 bits per heavy atom. The van der Waals surface area contributed by atoms with Crippen molar-refractivity contribution in [3.63, 3.8) is 0 Å². The van der Waals surface area contributed by atoms with Gasteiger partial charge in [0, 0.05) is 19.2 Å². The van der Waals surface area contributed by atoms with Crippen molar-refractivity contribution >= 4 is 11.0 Å². The van der Waals surface area contributed by atoms with E-state index in [1.807, 2.05) is 24.9 Å². The molecule has 0 aliphatic carbocycles. The number of nitrogens with one attached hydrogen (secondary N) is 1. The minimum absolute atomic E-state index is 0.477. The highest BCUT2D eigenvalue weighted by Gasteiger charge is 2.11. The maximum absolute atomic E-state index is 5.65. The van der Waals surface area contributed by atoms with E-state index in [2.05, 4.69) is 33.4 Å². The topological polar surface area (TPSA) is 72.5 Å². The maximum atomic E-state index is 5.65. The van der Waals surface area contributed by atoms with Crippen LogP contribution < -0.4 is 5.73 Å². The molecule has 3 rings (SSSR count). The minimum Gasteiger partial charge on any atom is -0.334 e. The number of nitrogens with zero attached hydrogens (tertiary/aromatic N) is 3. The molecule has 0 unspecified atom stereocenters. The number of benzene rings is 1. The molecule has 0 atom stereocenters. The van der Waals surface area contributed by atoms with Gasteiger partial charge in [-0.25, -0.2) is 4.98 Å². The second-order valence-corrected chi connectivity index (χ2v) is 4.44. The van der Waals surface area contributed by atoms with Crippen LogP contribution in [0.3, 0.4) is 0 Å². The number of hydrogen-bond donors (Lipinski definition) is 2. The first kappa shape index (κ1) is 11.0. The Kier molecular flexibility index (Phi) is 2.41. The summed E-state index contributed by atoms with van der Waals surface area (Å²) in [7, 11) is 1.99. The van der Waals surface area contributed by atoms with E-state index in [1.165, 1.54) is 0 Å². The number of imidazole rings is 1. The van der Waals surface area contributed by atoms with E-state index in [1.54, 1.807) is 0 Å². The van der Waals surface area contributed by atoms with Crippen LogP contribution >= 0.6 is 0 Å². The fraction of sp³-hybridized carbons (Fsp3) is 0.231. The summed E-state index contributed by atoms with van der Waals surface area (Å²) in [6, 6.07) is 6.18. The molecule has 1 aromatic carbocycles. The van der Waals surface area contributed by atoms with Gasteiger partial charge in [-0.3, -0.25) is 5.10 Å². The molecule has 0 aliphatic rings. The lowest BCUT2D eigenvalue weighted by Crippen LogP contribution is -1.98. The molecule has 18 heavy (non-hydrogen) atoms. The summed E-state index contributed by atoms with van der Waals surface area (Å²) in [5.41, 5.74) is 11.8. The molecule has 0 spiro atoms. The van der Waals surface area contributed by atoms with E-state index < -0.39 is 0 Å². The van der Waals surface area contributed by atoms with Gasteiger partial charge in [0.25, 0.3) is 0 Å². The summed E-state index contributed by atoms with van der Waals surface area (Å²) in [5.74, 6) is 0. The van der Waals surface area contributed by atoms with E-state index in [0.717, 1.165) is 33.5 Å². The molecule has 0 saturated heterocycles. The normalized spacial score (nSPS) is 11.3. The average Bonchev–Trinajstić information content (AvgIpc) is 2.93. The predicted molar refractivity (Wildman–Crippen MR) is 70.9 cm³/mol. The van der Waals surface area contributed by atoms with Crippen LogP contribution in [0.1, 0.15) is 11.3 Å². The summed E-state index contributed by atoms with van der Waals surface area (Å²) in [5, 5.41) is 7.31. The van der Waals surface area contributed by atoms with Crippen molar-refractivity contribution in [3.8, 4) is 11.3 Å². The highest BCUT2D eigenvalue weighted by atomic mass is 15.1. The molecule has 5 heteroatoms. The first-order valence-corrected chi connectivity index (χ1v) is 5.86. The van der Waals surface area contributed by atoms with Crippen molar-refractivity contribution in [2.45, 2.75) is 13.5 Å². The molecule has 2 aromatic heterocycles. The van der Waals surface area contributed by atoms with Crippen molar-refractivity contribution in [2.24, 2.45) is 12.8 Å². The molecule has 0 amide bonds. The molecular formula is C13H15N5. The molecule has 3 N–H and O–H groups in total. The largest absolute Gasteiger partial charge is 0.334 e. The third-order valence-corrected chi connectivity index (χ3v) is 3.31. The molecule has 3 aromatic rings. The highest BCUT2D eigenvalue weighted by Crippen LogP contribution is 2.25. The molecule has 0 fully saturated rings. The van der Waals surface area contributed by atoms with Gasteiger partial charge in [0.05, 0.1) is 28.7 Å². The van der Waals surface area contributed by atoms with Gasteiger partial charge in [-0.15, -0.1) is 0 Å². The standard InChI is InChI=1S/C13H15N5/c1-8-11(6-14)16-17-13(8)9-3-4-12-10(5-9)15-7-18(12)2/h3-5,7H,6,14H2,1-2H3,(H,16,17). The van der Waals surface area contributed by atoms with Crippen molar-refractivity contribution in [1.82, 2.24) is 19.7 Å². The first-order valence-electron chi connectivity index (χ1n) is 5.86. The zero-order valence-electron chi connectivity index (χ0n) is 10.4. The van der Waals surface area contributed by atoms with Gasteiger partial charge in [-0.2, -0.15) is 5.10 Å². The van der Waals surface area contributed by atoms with Crippen molar-refractivity contribution in [1.29, 1.82) is 0 Å². The minimum atomic E-state index is 0.477. The van der Waals surface area contributed by atoms with E-state index in [0.29, 0.717) is 6.54 Å². The molecule has 92 valence electrons. The summed E-state index contributed by atoms with van der Waals surface area (Å²) in [6.45, 7) is 2.51. The van der Waals surface area contributed by atoms with Gasteiger partial charge < -0.3 is 10.3 Å². The van der Waals surface area contributed by atoms with Crippen LogP contribution in [0, 0.1) is 6.92 Å². The Morgan fingerprint density at radius 3 is 2.94 bits per heavy atom.